The lowest BCUT2D eigenvalue weighted by Crippen LogP contribution is -2.21. The van der Waals surface area contributed by atoms with E-state index in [2.05, 4.69) is 10.0 Å². The molecule has 0 saturated carbocycles. The van der Waals surface area contributed by atoms with E-state index in [1.165, 1.54) is 25.3 Å². The number of hydrogen-bond acceptors (Lipinski definition) is 4. The van der Waals surface area contributed by atoms with Crippen molar-refractivity contribution in [3.8, 4) is 0 Å². The molecule has 0 radical (unpaired) electrons. The van der Waals surface area contributed by atoms with Crippen LogP contribution in [0.15, 0.2) is 52.7 Å². The van der Waals surface area contributed by atoms with Crippen LogP contribution in [0.2, 0.25) is 0 Å². The highest BCUT2D eigenvalue weighted by atomic mass is 32.2. The van der Waals surface area contributed by atoms with Gasteiger partial charge in [0, 0.05) is 17.5 Å². The lowest BCUT2D eigenvalue weighted by molar-refractivity contribution is -0.116. The standard InChI is InChI=1S/C15H16N2O3S2/c1-16-22(19,20)14-6-2-4-12(10-14)11-17-15(18)8-7-13-5-3-9-21-13/h2-10,16H,11H2,1H3,(H,17,18)/b8-7+. The van der Waals surface area contributed by atoms with Crippen LogP contribution in [0.25, 0.3) is 6.08 Å². The molecule has 1 aromatic carbocycles. The predicted octanol–water partition coefficient (Wildman–Crippen LogP) is 1.99. The van der Waals surface area contributed by atoms with E-state index in [1.54, 1.807) is 29.5 Å². The molecular weight excluding hydrogens is 320 g/mol. The molecule has 0 spiro atoms. The van der Waals surface area contributed by atoms with E-state index in [9.17, 15) is 13.2 Å². The monoisotopic (exact) mass is 336 g/mol. The van der Waals surface area contributed by atoms with E-state index in [0.29, 0.717) is 5.56 Å². The van der Waals surface area contributed by atoms with Crippen LogP contribution in [0, 0.1) is 0 Å². The number of amides is 1. The topological polar surface area (TPSA) is 75.3 Å². The Morgan fingerprint density at radius 1 is 1.27 bits per heavy atom. The second-order valence-corrected chi connectivity index (χ2v) is 7.29. The van der Waals surface area contributed by atoms with Crippen LogP contribution >= 0.6 is 11.3 Å². The third-order valence-electron chi connectivity index (χ3n) is 2.89. The molecular formula is C15H16N2O3S2. The van der Waals surface area contributed by atoms with Crippen molar-refractivity contribution < 1.29 is 13.2 Å². The van der Waals surface area contributed by atoms with Gasteiger partial charge in [-0.2, -0.15) is 0 Å². The summed E-state index contributed by atoms with van der Waals surface area (Å²) >= 11 is 1.55. The minimum atomic E-state index is -3.47. The van der Waals surface area contributed by atoms with Crippen molar-refractivity contribution in [2.24, 2.45) is 0 Å². The Kier molecular flexibility index (Phi) is 5.48. The predicted molar refractivity (Wildman–Crippen MR) is 87.9 cm³/mol. The second-order valence-electron chi connectivity index (χ2n) is 4.42. The van der Waals surface area contributed by atoms with Crippen molar-refractivity contribution in [1.29, 1.82) is 0 Å². The number of carbonyl (C=O) groups excluding carboxylic acids is 1. The fourth-order valence-electron chi connectivity index (χ4n) is 1.73. The van der Waals surface area contributed by atoms with Crippen LogP contribution in [0.5, 0.6) is 0 Å². The molecule has 2 rings (SSSR count). The molecule has 7 heteroatoms. The van der Waals surface area contributed by atoms with Crippen LogP contribution in [0.3, 0.4) is 0 Å². The Labute approximate surface area is 133 Å². The molecule has 0 bridgehead atoms. The van der Waals surface area contributed by atoms with Gasteiger partial charge in [0.2, 0.25) is 15.9 Å². The maximum Gasteiger partial charge on any atom is 0.244 e. The van der Waals surface area contributed by atoms with E-state index in [1.807, 2.05) is 17.5 Å². The zero-order valence-electron chi connectivity index (χ0n) is 11.9. The first-order valence-electron chi connectivity index (χ1n) is 6.53. The van der Waals surface area contributed by atoms with Crippen molar-refractivity contribution in [3.63, 3.8) is 0 Å². The lowest BCUT2D eigenvalue weighted by Gasteiger charge is -2.06. The first-order valence-corrected chi connectivity index (χ1v) is 8.89. The molecule has 0 atom stereocenters. The van der Waals surface area contributed by atoms with Crippen molar-refractivity contribution in [3.05, 3.63) is 58.3 Å². The summed E-state index contributed by atoms with van der Waals surface area (Å²) in [4.78, 5) is 12.9. The SMILES string of the molecule is CNS(=O)(=O)c1cccc(CNC(=O)/C=C/c2cccs2)c1. The molecule has 1 aromatic heterocycles. The fourth-order valence-corrected chi connectivity index (χ4v) is 3.15. The average Bonchev–Trinajstić information content (AvgIpc) is 3.04. The molecule has 0 fully saturated rings. The number of carbonyl (C=O) groups is 1. The number of rotatable bonds is 6. The first-order chi connectivity index (χ1) is 10.5. The van der Waals surface area contributed by atoms with Crippen molar-refractivity contribution in [2.75, 3.05) is 7.05 Å². The van der Waals surface area contributed by atoms with Gasteiger partial charge in [0.15, 0.2) is 0 Å². The van der Waals surface area contributed by atoms with Gasteiger partial charge < -0.3 is 5.32 Å². The van der Waals surface area contributed by atoms with Gasteiger partial charge in [-0.3, -0.25) is 4.79 Å². The number of benzene rings is 1. The normalized spacial score (nSPS) is 11.7. The molecule has 2 aromatic rings. The Hall–Kier alpha value is -1.96. The zero-order valence-corrected chi connectivity index (χ0v) is 13.6. The maximum absolute atomic E-state index is 11.7. The van der Waals surface area contributed by atoms with Gasteiger partial charge in [0.05, 0.1) is 4.90 Å². The summed E-state index contributed by atoms with van der Waals surface area (Å²) in [5.74, 6) is -0.227. The van der Waals surface area contributed by atoms with Gasteiger partial charge >= 0.3 is 0 Å². The lowest BCUT2D eigenvalue weighted by atomic mass is 10.2. The number of sulfonamides is 1. The molecule has 0 saturated heterocycles. The highest BCUT2D eigenvalue weighted by Gasteiger charge is 2.11. The number of hydrogen-bond donors (Lipinski definition) is 2. The molecule has 0 aliphatic rings. The molecule has 0 aliphatic carbocycles. The molecule has 1 heterocycles. The Morgan fingerprint density at radius 3 is 2.77 bits per heavy atom. The number of nitrogens with one attached hydrogen (secondary N) is 2. The smallest absolute Gasteiger partial charge is 0.244 e. The van der Waals surface area contributed by atoms with E-state index < -0.39 is 10.0 Å². The maximum atomic E-state index is 11.7. The van der Waals surface area contributed by atoms with Gasteiger partial charge in [-0.15, -0.1) is 11.3 Å². The van der Waals surface area contributed by atoms with E-state index >= 15 is 0 Å². The van der Waals surface area contributed by atoms with Gasteiger partial charge in [-0.1, -0.05) is 18.2 Å². The summed E-state index contributed by atoms with van der Waals surface area (Å²) < 4.78 is 25.7. The summed E-state index contributed by atoms with van der Waals surface area (Å²) in [6.45, 7) is 0.265. The summed E-state index contributed by atoms with van der Waals surface area (Å²) in [5.41, 5.74) is 0.717. The fraction of sp³-hybridized carbons (Fsp3) is 0.133. The molecule has 0 aliphatic heterocycles. The van der Waals surface area contributed by atoms with Crippen molar-refractivity contribution >= 4 is 33.3 Å². The average molecular weight is 336 g/mol. The van der Waals surface area contributed by atoms with E-state index in [0.717, 1.165) is 4.88 Å². The van der Waals surface area contributed by atoms with E-state index in [-0.39, 0.29) is 17.3 Å². The minimum Gasteiger partial charge on any atom is -0.348 e. The number of thiophene rings is 1. The molecule has 116 valence electrons. The molecule has 0 unspecified atom stereocenters. The minimum absolute atomic E-state index is 0.177. The van der Waals surface area contributed by atoms with Crippen LogP contribution < -0.4 is 10.0 Å². The Balaban J connectivity index is 1.97. The second kappa shape index (κ2) is 7.35. The first kappa shape index (κ1) is 16.4. The summed E-state index contributed by atoms with van der Waals surface area (Å²) in [7, 11) is -2.11. The van der Waals surface area contributed by atoms with Gasteiger partial charge in [-0.05, 0) is 42.3 Å². The third kappa shape index (κ3) is 4.52. The molecule has 22 heavy (non-hydrogen) atoms. The van der Waals surface area contributed by atoms with Gasteiger partial charge in [-0.25, -0.2) is 13.1 Å². The zero-order chi connectivity index (χ0) is 16.0. The Morgan fingerprint density at radius 2 is 2.09 bits per heavy atom. The van der Waals surface area contributed by atoms with E-state index in [4.69, 9.17) is 0 Å². The quantitative estimate of drug-likeness (QED) is 0.792. The highest BCUT2D eigenvalue weighted by Crippen LogP contribution is 2.11. The van der Waals surface area contributed by atoms with Crippen LogP contribution in [0.1, 0.15) is 10.4 Å². The molecule has 1 amide bonds. The summed E-state index contributed by atoms with van der Waals surface area (Å²) in [6.07, 6.45) is 3.20. The van der Waals surface area contributed by atoms with Gasteiger partial charge in [0.1, 0.15) is 0 Å². The highest BCUT2D eigenvalue weighted by molar-refractivity contribution is 7.89. The summed E-state index contributed by atoms with van der Waals surface area (Å²) in [6, 6.07) is 10.3. The van der Waals surface area contributed by atoms with Crippen molar-refractivity contribution in [2.45, 2.75) is 11.4 Å². The van der Waals surface area contributed by atoms with Crippen molar-refractivity contribution in [1.82, 2.24) is 10.0 Å². The molecule has 2 N–H and O–H groups in total. The van der Waals surface area contributed by atoms with Gasteiger partial charge in [0.25, 0.3) is 0 Å². The Bertz CT molecular complexity index is 766. The summed E-state index contributed by atoms with van der Waals surface area (Å²) in [5, 5.41) is 4.66. The van der Waals surface area contributed by atoms with Crippen LogP contribution in [0.4, 0.5) is 0 Å². The third-order valence-corrected chi connectivity index (χ3v) is 5.14. The van der Waals surface area contributed by atoms with Crippen LogP contribution in [-0.4, -0.2) is 21.4 Å². The van der Waals surface area contributed by atoms with Crippen LogP contribution in [-0.2, 0) is 21.4 Å². The molecule has 5 nitrogen and oxygen atoms in total. The largest absolute Gasteiger partial charge is 0.348 e.